The van der Waals surface area contributed by atoms with E-state index < -0.39 is 0 Å². The van der Waals surface area contributed by atoms with Gasteiger partial charge in [-0.25, -0.2) is 4.79 Å². The van der Waals surface area contributed by atoms with Crippen LogP contribution in [0.25, 0.3) is 0 Å². The maximum Gasteiger partial charge on any atom is 0.332 e. The average Bonchev–Trinajstić information content (AvgIpc) is 2.18. The van der Waals surface area contributed by atoms with Gasteiger partial charge in [-0.2, -0.15) is 0 Å². The van der Waals surface area contributed by atoms with E-state index in [1.165, 1.54) is 11.6 Å². The summed E-state index contributed by atoms with van der Waals surface area (Å²) in [5, 5.41) is 2.99. The van der Waals surface area contributed by atoms with Crippen molar-refractivity contribution in [1.82, 2.24) is 0 Å². The highest BCUT2D eigenvalue weighted by atomic mass is 16.5. The molecule has 3 nitrogen and oxygen atoms in total. The molecular formula is C12H15NO2. The maximum atomic E-state index is 11.0. The van der Waals surface area contributed by atoms with Crippen molar-refractivity contribution in [3.05, 3.63) is 42.1 Å². The summed E-state index contributed by atoms with van der Waals surface area (Å²) in [6, 6.07) is 7.90. The van der Waals surface area contributed by atoms with Crippen LogP contribution in [-0.4, -0.2) is 12.6 Å². The summed E-state index contributed by atoms with van der Waals surface area (Å²) in [7, 11) is 0. The van der Waals surface area contributed by atoms with Crippen LogP contribution in [0, 0.1) is 6.92 Å². The summed E-state index contributed by atoms with van der Waals surface area (Å²) in [4.78, 5) is 11.0. The van der Waals surface area contributed by atoms with E-state index in [0.717, 1.165) is 5.69 Å². The molecule has 1 aromatic carbocycles. The number of hydrogen-bond donors (Lipinski definition) is 1. The maximum absolute atomic E-state index is 11.0. The van der Waals surface area contributed by atoms with Gasteiger partial charge < -0.3 is 10.1 Å². The average molecular weight is 205 g/mol. The number of ether oxygens (including phenoxy) is 1. The highest BCUT2D eigenvalue weighted by Crippen LogP contribution is 2.08. The molecule has 0 fully saturated rings. The lowest BCUT2D eigenvalue weighted by Gasteiger charge is -2.01. The Bertz CT molecular complexity index is 358. The minimum atomic E-state index is -0.336. The lowest BCUT2D eigenvalue weighted by Crippen LogP contribution is -2.00. The van der Waals surface area contributed by atoms with E-state index in [1.54, 1.807) is 13.1 Å². The predicted octanol–water partition coefficient (Wildman–Crippen LogP) is 2.48. The quantitative estimate of drug-likeness (QED) is 0.606. The van der Waals surface area contributed by atoms with Crippen molar-refractivity contribution in [3.8, 4) is 0 Å². The van der Waals surface area contributed by atoms with Crippen LogP contribution in [0.1, 0.15) is 12.5 Å². The molecule has 0 unspecified atom stereocenters. The van der Waals surface area contributed by atoms with Crippen LogP contribution >= 0.6 is 0 Å². The van der Waals surface area contributed by atoms with Gasteiger partial charge in [0.25, 0.3) is 0 Å². The molecule has 0 radical (unpaired) electrons. The number of esters is 1. The molecule has 15 heavy (non-hydrogen) atoms. The normalized spacial score (nSPS) is 10.3. The summed E-state index contributed by atoms with van der Waals surface area (Å²) in [6.45, 7) is 4.19. The van der Waals surface area contributed by atoms with Crippen LogP contribution in [0.5, 0.6) is 0 Å². The van der Waals surface area contributed by atoms with Crippen LogP contribution in [-0.2, 0) is 9.53 Å². The number of carbonyl (C=O) groups excluding carboxylic acids is 1. The molecule has 0 aromatic heterocycles. The molecular weight excluding hydrogens is 190 g/mol. The van der Waals surface area contributed by atoms with E-state index in [2.05, 4.69) is 5.32 Å². The second-order valence-corrected chi connectivity index (χ2v) is 3.10. The smallest absolute Gasteiger partial charge is 0.332 e. The number of hydrogen-bond acceptors (Lipinski definition) is 3. The molecule has 0 atom stereocenters. The fourth-order valence-electron chi connectivity index (χ4n) is 1.13. The second kappa shape index (κ2) is 5.86. The topological polar surface area (TPSA) is 38.3 Å². The van der Waals surface area contributed by atoms with Crippen molar-refractivity contribution in [3.63, 3.8) is 0 Å². The van der Waals surface area contributed by atoms with E-state index in [0.29, 0.717) is 6.61 Å². The van der Waals surface area contributed by atoms with Gasteiger partial charge in [0.05, 0.1) is 6.61 Å². The van der Waals surface area contributed by atoms with Crippen LogP contribution < -0.4 is 5.32 Å². The first-order valence-electron chi connectivity index (χ1n) is 4.89. The van der Waals surface area contributed by atoms with Crippen molar-refractivity contribution >= 4 is 11.7 Å². The number of anilines is 1. The fraction of sp³-hybridized carbons (Fsp3) is 0.250. The third kappa shape index (κ3) is 4.31. The van der Waals surface area contributed by atoms with E-state index in [1.807, 2.05) is 31.2 Å². The van der Waals surface area contributed by atoms with Gasteiger partial charge in [-0.3, -0.25) is 0 Å². The number of rotatable bonds is 4. The minimum Gasteiger partial charge on any atom is -0.463 e. The van der Waals surface area contributed by atoms with Crippen molar-refractivity contribution in [2.75, 3.05) is 11.9 Å². The van der Waals surface area contributed by atoms with Gasteiger partial charge in [0, 0.05) is 18.0 Å². The number of nitrogens with one attached hydrogen (secondary N) is 1. The number of benzene rings is 1. The first-order chi connectivity index (χ1) is 7.22. The Morgan fingerprint density at radius 2 is 2.33 bits per heavy atom. The highest BCUT2D eigenvalue weighted by molar-refractivity contribution is 5.82. The first-order valence-corrected chi connectivity index (χ1v) is 4.89. The summed E-state index contributed by atoms with van der Waals surface area (Å²) in [5.74, 6) is -0.336. The minimum absolute atomic E-state index is 0.336. The predicted molar refractivity (Wildman–Crippen MR) is 60.6 cm³/mol. The molecule has 1 N–H and O–H groups in total. The Hall–Kier alpha value is -1.77. The standard InChI is InChI=1S/C12H15NO2/c1-3-15-12(14)7-8-13-11-6-4-5-10(2)9-11/h4-9,13H,3H2,1-2H3/b8-7+. The molecule has 0 amide bonds. The fourth-order valence-corrected chi connectivity index (χ4v) is 1.13. The van der Waals surface area contributed by atoms with E-state index in [9.17, 15) is 4.79 Å². The van der Waals surface area contributed by atoms with Gasteiger partial charge in [0.15, 0.2) is 0 Å². The molecule has 0 aliphatic rings. The van der Waals surface area contributed by atoms with Crippen LogP contribution in [0.15, 0.2) is 36.5 Å². The molecule has 1 rings (SSSR count). The third-order valence-electron chi connectivity index (χ3n) is 1.77. The molecule has 0 heterocycles. The Kier molecular flexibility index (Phi) is 4.41. The van der Waals surface area contributed by atoms with Gasteiger partial charge in [-0.05, 0) is 31.5 Å². The summed E-state index contributed by atoms with van der Waals surface area (Å²) >= 11 is 0. The lowest BCUT2D eigenvalue weighted by atomic mass is 10.2. The number of aryl methyl sites for hydroxylation is 1. The van der Waals surface area contributed by atoms with Gasteiger partial charge in [-0.15, -0.1) is 0 Å². The van der Waals surface area contributed by atoms with Gasteiger partial charge in [0.1, 0.15) is 0 Å². The van der Waals surface area contributed by atoms with Crippen LogP contribution in [0.2, 0.25) is 0 Å². The summed E-state index contributed by atoms with van der Waals surface area (Å²) in [5.41, 5.74) is 2.13. The molecule has 0 aliphatic heterocycles. The van der Waals surface area contributed by atoms with Crippen LogP contribution in [0.4, 0.5) is 5.69 Å². The van der Waals surface area contributed by atoms with E-state index in [-0.39, 0.29) is 5.97 Å². The van der Waals surface area contributed by atoms with Crippen molar-refractivity contribution < 1.29 is 9.53 Å². The molecule has 0 saturated carbocycles. The molecule has 1 aromatic rings. The Morgan fingerprint density at radius 1 is 1.53 bits per heavy atom. The highest BCUT2D eigenvalue weighted by Gasteiger charge is 1.92. The SMILES string of the molecule is CCOC(=O)/C=C/Nc1cccc(C)c1. The Balaban J connectivity index is 2.46. The van der Waals surface area contributed by atoms with Gasteiger partial charge in [0.2, 0.25) is 0 Å². The lowest BCUT2D eigenvalue weighted by molar-refractivity contribution is -0.137. The molecule has 80 valence electrons. The number of carbonyl (C=O) groups is 1. The summed E-state index contributed by atoms with van der Waals surface area (Å²) < 4.78 is 4.74. The zero-order valence-electron chi connectivity index (χ0n) is 8.99. The molecule has 0 spiro atoms. The monoisotopic (exact) mass is 205 g/mol. The third-order valence-corrected chi connectivity index (χ3v) is 1.77. The molecule has 0 bridgehead atoms. The first kappa shape index (κ1) is 11.3. The van der Waals surface area contributed by atoms with E-state index in [4.69, 9.17) is 4.74 Å². The van der Waals surface area contributed by atoms with Crippen molar-refractivity contribution in [1.29, 1.82) is 0 Å². The Labute approximate surface area is 89.8 Å². The zero-order valence-corrected chi connectivity index (χ0v) is 8.99. The molecule has 3 heteroatoms. The van der Waals surface area contributed by atoms with Gasteiger partial charge >= 0.3 is 5.97 Å². The zero-order chi connectivity index (χ0) is 11.1. The molecule has 0 saturated heterocycles. The second-order valence-electron chi connectivity index (χ2n) is 3.10. The summed E-state index contributed by atoms with van der Waals surface area (Å²) in [6.07, 6.45) is 2.94. The van der Waals surface area contributed by atoms with Crippen molar-refractivity contribution in [2.45, 2.75) is 13.8 Å². The van der Waals surface area contributed by atoms with Crippen molar-refractivity contribution in [2.24, 2.45) is 0 Å². The molecule has 0 aliphatic carbocycles. The van der Waals surface area contributed by atoms with E-state index >= 15 is 0 Å². The van der Waals surface area contributed by atoms with Crippen LogP contribution in [0.3, 0.4) is 0 Å². The Morgan fingerprint density at radius 3 is 3.00 bits per heavy atom. The largest absolute Gasteiger partial charge is 0.463 e. The van der Waals surface area contributed by atoms with Gasteiger partial charge in [-0.1, -0.05) is 12.1 Å².